The van der Waals surface area contributed by atoms with Crippen molar-refractivity contribution >= 4 is 0 Å². The summed E-state index contributed by atoms with van der Waals surface area (Å²) in [6.07, 6.45) is 8.37. The van der Waals surface area contributed by atoms with Crippen molar-refractivity contribution in [3.63, 3.8) is 0 Å². The van der Waals surface area contributed by atoms with E-state index < -0.39 is 0 Å². The monoisotopic (exact) mass is 231 g/mol. The van der Waals surface area contributed by atoms with Gasteiger partial charge in [0, 0.05) is 30.9 Å². The maximum atomic E-state index is 4.52. The van der Waals surface area contributed by atoms with Crippen LogP contribution in [0.3, 0.4) is 0 Å². The van der Waals surface area contributed by atoms with Crippen molar-refractivity contribution in [2.24, 2.45) is 5.92 Å². The maximum absolute atomic E-state index is 4.52. The molecule has 0 spiro atoms. The van der Waals surface area contributed by atoms with Crippen molar-refractivity contribution in [2.75, 3.05) is 6.54 Å². The Bertz CT molecular complexity index is 421. The van der Waals surface area contributed by atoms with Gasteiger partial charge in [-0.05, 0) is 32.1 Å². The highest BCUT2D eigenvalue weighted by Crippen LogP contribution is 2.38. The Morgan fingerprint density at radius 2 is 2.41 bits per heavy atom. The van der Waals surface area contributed by atoms with E-state index in [-0.39, 0.29) is 0 Å². The average Bonchev–Trinajstić information content (AvgIpc) is 2.96. The summed E-state index contributed by atoms with van der Waals surface area (Å²) in [4.78, 5) is 2.65. The third-order valence-electron chi connectivity index (χ3n) is 4.26. The number of piperidine rings is 1. The number of allylic oxidation sites excluding steroid dienone is 1. The van der Waals surface area contributed by atoms with Gasteiger partial charge in [0.15, 0.2) is 0 Å². The van der Waals surface area contributed by atoms with Gasteiger partial charge in [0.2, 0.25) is 0 Å². The fourth-order valence-corrected chi connectivity index (χ4v) is 3.38. The van der Waals surface area contributed by atoms with E-state index in [0.717, 1.165) is 25.0 Å². The topological polar surface area (TPSA) is 21.1 Å². The third-order valence-corrected chi connectivity index (χ3v) is 4.26. The van der Waals surface area contributed by atoms with Crippen molar-refractivity contribution < 1.29 is 0 Å². The molecular formula is C14H21N3. The molecule has 0 unspecified atom stereocenters. The first-order chi connectivity index (χ1) is 8.26. The molecule has 2 atom stereocenters. The second-order valence-corrected chi connectivity index (χ2v) is 5.51. The molecule has 2 bridgehead atoms. The Kier molecular flexibility index (Phi) is 2.79. The van der Waals surface area contributed by atoms with Gasteiger partial charge in [-0.15, -0.1) is 6.58 Å². The molecule has 1 aromatic heterocycles. The van der Waals surface area contributed by atoms with Crippen LogP contribution in [0, 0.1) is 12.8 Å². The van der Waals surface area contributed by atoms with Crippen molar-refractivity contribution in [3.8, 4) is 0 Å². The second kappa shape index (κ2) is 4.30. The van der Waals surface area contributed by atoms with Gasteiger partial charge >= 0.3 is 0 Å². The second-order valence-electron chi connectivity index (χ2n) is 5.51. The Labute approximate surface area is 103 Å². The van der Waals surface area contributed by atoms with Crippen LogP contribution in [0.4, 0.5) is 0 Å². The first-order valence-corrected chi connectivity index (χ1v) is 6.64. The molecular weight excluding hydrogens is 210 g/mol. The van der Waals surface area contributed by atoms with Gasteiger partial charge in [-0.2, -0.15) is 5.10 Å². The molecule has 1 aliphatic heterocycles. The van der Waals surface area contributed by atoms with Gasteiger partial charge in [-0.3, -0.25) is 9.58 Å². The lowest BCUT2D eigenvalue weighted by Gasteiger charge is -2.26. The average molecular weight is 231 g/mol. The zero-order valence-electron chi connectivity index (χ0n) is 10.6. The van der Waals surface area contributed by atoms with Gasteiger partial charge in [0.1, 0.15) is 0 Å². The molecule has 0 aromatic carbocycles. The van der Waals surface area contributed by atoms with Gasteiger partial charge in [0.05, 0.1) is 12.2 Å². The number of hydrogen-bond donors (Lipinski definition) is 0. The summed E-state index contributed by atoms with van der Waals surface area (Å²) in [7, 11) is 0. The molecule has 0 radical (unpaired) electrons. The van der Waals surface area contributed by atoms with E-state index in [0.29, 0.717) is 0 Å². The number of aryl methyl sites for hydroxylation is 1. The molecule has 0 amide bonds. The zero-order valence-corrected chi connectivity index (χ0v) is 10.6. The number of aromatic nitrogens is 2. The predicted octanol–water partition coefficient (Wildman–Crippen LogP) is 2.36. The minimum Gasteiger partial charge on any atom is -0.296 e. The maximum Gasteiger partial charge on any atom is 0.0638 e. The standard InChI is InChI=1S/C14H21N3/c1-3-6-17-10-13(11(2)15-17)9-16-8-12-4-5-14(16)7-12/h3,10,12,14H,1,4-9H2,2H3/t12-,14-/m1/s1. The number of fused-ring (bicyclic) bond motifs is 2. The lowest BCUT2D eigenvalue weighted by atomic mass is 10.1. The molecule has 3 rings (SSSR count). The summed E-state index contributed by atoms with van der Waals surface area (Å²) in [5.74, 6) is 0.975. The van der Waals surface area contributed by atoms with Crippen LogP contribution in [-0.2, 0) is 13.1 Å². The Morgan fingerprint density at radius 3 is 3.06 bits per heavy atom. The van der Waals surface area contributed by atoms with Crippen molar-refractivity contribution in [1.82, 2.24) is 14.7 Å². The summed E-state index contributed by atoms with van der Waals surface area (Å²) < 4.78 is 1.99. The van der Waals surface area contributed by atoms with Gasteiger partial charge in [0.25, 0.3) is 0 Å². The van der Waals surface area contributed by atoms with Crippen molar-refractivity contribution in [3.05, 3.63) is 30.1 Å². The van der Waals surface area contributed by atoms with Crippen LogP contribution in [-0.4, -0.2) is 27.3 Å². The van der Waals surface area contributed by atoms with Gasteiger partial charge in [-0.1, -0.05) is 6.08 Å². The molecule has 2 heterocycles. The smallest absolute Gasteiger partial charge is 0.0638 e. The summed E-state index contributed by atoms with van der Waals surface area (Å²) in [5.41, 5.74) is 2.56. The lowest BCUT2D eigenvalue weighted by Crippen LogP contribution is -2.31. The van der Waals surface area contributed by atoms with Gasteiger partial charge < -0.3 is 0 Å². The number of nitrogens with zero attached hydrogens (tertiary/aromatic N) is 3. The highest BCUT2D eigenvalue weighted by atomic mass is 15.3. The molecule has 1 aromatic rings. The van der Waals surface area contributed by atoms with E-state index in [1.807, 2.05) is 10.8 Å². The third kappa shape index (κ3) is 2.04. The van der Waals surface area contributed by atoms with Crippen molar-refractivity contribution in [2.45, 2.75) is 45.3 Å². The molecule has 92 valence electrons. The highest BCUT2D eigenvalue weighted by Gasteiger charge is 2.37. The van der Waals surface area contributed by atoms with Crippen LogP contribution < -0.4 is 0 Å². The molecule has 3 nitrogen and oxygen atoms in total. The fraction of sp³-hybridized carbons (Fsp3) is 0.643. The Balaban J connectivity index is 1.70. The molecule has 3 heteroatoms. The van der Waals surface area contributed by atoms with Crippen molar-refractivity contribution in [1.29, 1.82) is 0 Å². The quantitative estimate of drug-likeness (QED) is 0.742. The van der Waals surface area contributed by atoms with Crippen LogP contribution in [0.15, 0.2) is 18.9 Å². The summed E-state index contributed by atoms with van der Waals surface area (Å²) in [5, 5.41) is 4.52. The molecule has 2 fully saturated rings. The summed E-state index contributed by atoms with van der Waals surface area (Å²) in [6.45, 7) is 9.07. The van der Waals surface area contributed by atoms with E-state index in [1.165, 1.54) is 37.1 Å². The largest absolute Gasteiger partial charge is 0.296 e. The highest BCUT2D eigenvalue weighted by molar-refractivity contribution is 5.16. The van der Waals surface area contributed by atoms with E-state index in [2.05, 4.69) is 29.7 Å². The minimum atomic E-state index is 0.812. The van der Waals surface area contributed by atoms with E-state index >= 15 is 0 Å². The van der Waals surface area contributed by atoms with Crippen LogP contribution in [0.1, 0.15) is 30.5 Å². The van der Waals surface area contributed by atoms with E-state index in [9.17, 15) is 0 Å². The number of hydrogen-bond acceptors (Lipinski definition) is 2. The zero-order chi connectivity index (χ0) is 11.8. The van der Waals surface area contributed by atoms with Crippen LogP contribution in [0.25, 0.3) is 0 Å². The Morgan fingerprint density at radius 1 is 1.53 bits per heavy atom. The Hall–Kier alpha value is -1.09. The summed E-state index contributed by atoms with van der Waals surface area (Å²) >= 11 is 0. The minimum absolute atomic E-state index is 0.812. The van der Waals surface area contributed by atoms with Gasteiger partial charge in [-0.25, -0.2) is 0 Å². The predicted molar refractivity (Wildman–Crippen MR) is 68.7 cm³/mol. The van der Waals surface area contributed by atoms with E-state index in [1.54, 1.807) is 0 Å². The molecule has 0 N–H and O–H groups in total. The number of likely N-dealkylation sites (tertiary alicyclic amines) is 1. The van der Waals surface area contributed by atoms with Crippen LogP contribution in [0.2, 0.25) is 0 Å². The molecule has 2 aliphatic rings. The van der Waals surface area contributed by atoms with E-state index in [4.69, 9.17) is 0 Å². The SMILES string of the molecule is C=CCn1cc(CN2C[C@@H]3CC[C@@H]2C3)c(C)n1. The first-order valence-electron chi connectivity index (χ1n) is 6.64. The molecule has 17 heavy (non-hydrogen) atoms. The molecule has 1 saturated heterocycles. The first kappa shape index (κ1) is 11.0. The fourth-order valence-electron chi connectivity index (χ4n) is 3.38. The normalized spacial score (nSPS) is 27.8. The van der Waals surface area contributed by atoms with Crippen LogP contribution >= 0.6 is 0 Å². The summed E-state index contributed by atoms with van der Waals surface area (Å²) in [6, 6.07) is 0.849. The molecule has 1 aliphatic carbocycles. The number of rotatable bonds is 4. The molecule has 1 saturated carbocycles. The lowest BCUT2D eigenvalue weighted by molar-refractivity contribution is 0.205. The van der Waals surface area contributed by atoms with Crippen LogP contribution in [0.5, 0.6) is 0 Å².